The molecule has 0 aliphatic heterocycles. The monoisotopic (exact) mass is 164 g/mol. The van der Waals surface area contributed by atoms with E-state index in [4.69, 9.17) is 0 Å². The fourth-order valence-electron chi connectivity index (χ4n) is 2.09. The van der Waals surface area contributed by atoms with E-state index in [-0.39, 0.29) is 17.5 Å². The first kappa shape index (κ1) is 7.71. The van der Waals surface area contributed by atoms with Crippen molar-refractivity contribution in [2.24, 2.45) is 5.92 Å². The summed E-state index contributed by atoms with van der Waals surface area (Å²) in [4.78, 5) is 22.9. The van der Waals surface area contributed by atoms with Gasteiger partial charge in [0.2, 0.25) is 0 Å². The molecule has 2 aliphatic carbocycles. The lowest BCUT2D eigenvalue weighted by Gasteiger charge is -2.06. The molecule has 1 atom stereocenters. The zero-order valence-corrected chi connectivity index (χ0v) is 7.01. The third-order valence-electron chi connectivity index (χ3n) is 2.73. The summed E-state index contributed by atoms with van der Waals surface area (Å²) in [5.41, 5.74) is 0.817. The standard InChI is InChI=1S/C10H12O2/c11-9-5-2-6-10(12)8-4-1-3-7(8)9/h3,8H,1-2,4-6H2. The molecule has 1 saturated carbocycles. The van der Waals surface area contributed by atoms with Crippen molar-refractivity contribution >= 4 is 11.6 Å². The molecule has 0 aromatic carbocycles. The molecule has 0 saturated heterocycles. The van der Waals surface area contributed by atoms with Crippen molar-refractivity contribution in [3.63, 3.8) is 0 Å². The largest absolute Gasteiger partial charge is 0.299 e. The average Bonchev–Trinajstić information content (AvgIpc) is 2.47. The van der Waals surface area contributed by atoms with Crippen LogP contribution in [-0.2, 0) is 9.59 Å². The van der Waals surface area contributed by atoms with Crippen LogP contribution in [0.4, 0.5) is 0 Å². The average molecular weight is 164 g/mol. The number of fused-ring (bicyclic) bond motifs is 1. The second-order valence-corrected chi connectivity index (χ2v) is 3.53. The number of Topliss-reactive ketones (excluding diaryl/α,β-unsaturated/α-hetero) is 2. The maximum atomic E-state index is 11.4. The minimum absolute atomic E-state index is 0.0278. The summed E-state index contributed by atoms with van der Waals surface area (Å²) < 4.78 is 0. The molecule has 0 aromatic heterocycles. The van der Waals surface area contributed by atoms with Crippen LogP contribution in [0.1, 0.15) is 32.1 Å². The summed E-state index contributed by atoms with van der Waals surface area (Å²) in [6.07, 6.45) is 5.68. The number of carbonyl (C=O) groups excluding carboxylic acids is 2. The van der Waals surface area contributed by atoms with Crippen molar-refractivity contribution in [1.82, 2.24) is 0 Å². The Morgan fingerprint density at radius 3 is 2.92 bits per heavy atom. The number of allylic oxidation sites excluding steroid dienone is 2. The van der Waals surface area contributed by atoms with Crippen LogP contribution in [0.15, 0.2) is 11.6 Å². The van der Waals surface area contributed by atoms with Gasteiger partial charge in [-0.3, -0.25) is 9.59 Å². The van der Waals surface area contributed by atoms with E-state index in [1.807, 2.05) is 6.08 Å². The first-order valence-electron chi connectivity index (χ1n) is 4.55. The molecule has 0 amide bonds. The van der Waals surface area contributed by atoms with Gasteiger partial charge in [0.05, 0.1) is 0 Å². The maximum absolute atomic E-state index is 11.4. The number of hydrogen-bond acceptors (Lipinski definition) is 2. The molecule has 0 aromatic rings. The lowest BCUT2D eigenvalue weighted by Crippen LogP contribution is -2.14. The van der Waals surface area contributed by atoms with Crippen molar-refractivity contribution in [3.8, 4) is 0 Å². The molecule has 12 heavy (non-hydrogen) atoms. The van der Waals surface area contributed by atoms with Gasteiger partial charge in [0.1, 0.15) is 5.78 Å². The fraction of sp³-hybridized carbons (Fsp3) is 0.600. The van der Waals surface area contributed by atoms with Crippen LogP contribution >= 0.6 is 0 Å². The minimum Gasteiger partial charge on any atom is -0.299 e. The number of ketones is 2. The molecule has 1 fully saturated rings. The van der Waals surface area contributed by atoms with Gasteiger partial charge in [0.15, 0.2) is 5.78 Å². The third kappa shape index (κ3) is 1.11. The van der Waals surface area contributed by atoms with Crippen molar-refractivity contribution in [2.75, 3.05) is 0 Å². The molecule has 2 aliphatic rings. The Balaban J connectivity index is 2.30. The van der Waals surface area contributed by atoms with E-state index < -0.39 is 0 Å². The van der Waals surface area contributed by atoms with Crippen LogP contribution < -0.4 is 0 Å². The van der Waals surface area contributed by atoms with E-state index in [1.54, 1.807) is 0 Å². The van der Waals surface area contributed by atoms with Gasteiger partial charge in [0.25, 0.3) is 0 Å². The highest BCUT2D eigenvalue weighted by molar-refractivity contribution is 6.04. The first-order valence-corrected chi connectivity index (χ1v) is 4.55. The molecule has 1 unspecified atom stereocenters. The molecular formula is C10H12O2. The Morgan fingerprint density at radius 1 is 1.25 bits per heavy atom. The molecule has 0 spiro atoms. The SMILES string of the molecule is O=C1CCCC(=O)C2CCC=C12. The summed E-state index contributed by atoms with van der Waals surface area (Å²) >= 11 is 0. The quantitative estimate of drug-likeness (QED) is 0.545. The predicted molar refractivity (Wildman–Crippen MR) is 44.7 cm³/mol. The molecule has 2 nitrogen and oxygen atoms in total. The van der Waals surface area contributed by atoms with Gasteiger partial charge >= 0.3 is 0 Å². The van der Waals surface area contributed by atoms with E-state index in [9.17, 15) is 9.59 Å². The van der Waals surface area contributed by atoms with Crippen LogP contribution in [-0.4, -0.2) is 11.6 Å². The van der Waals surface area contributed by atoms with Gasteiger partial charge in [0, 0.05) is 24.3 Å². The highest BCUT2D eigenvalue weighted by Gasteiger charge is 2.32. The Bertz CT molecular complexity index is 263. The lowest BCUT2D eigenvalue weighted by atomic mass is 9.95. The van der Waals surface area contributed by atoms with Crippen molar-refractivity contribution in [1.29, 1.82) is 0 Å². The van der Waals surface area contributed by atoms with Crippen LogP contribution in [0.5, 0.6) is 0 Å². The number of hydrogen-bond donors (Lipinski definition) is 0. The molecule has 64 valence electrons. The van der Waals surface area contributed by atoms with Crippen LogP contribution in [0, 0.1) is 5.92 Å². The van der Waals surface area contributed by atoms with Gasteiger partial charge in [-0.15, -0.1) is 0 Å². The van der Waals surface area contributed by atoms with Gasteiger partial charge in [-0.05, 0) is 19.3 Å². The summed E-state index contributed by atoms with van der Waals surface area (Å²) in [6.45, 7) is 0. The Kier molecular flexibility index (Phi) is 1.83. The summed E-state index contributed by atoms with van der Waals surface area (Å²) in [5, 5.41) is 0. The second kappa shape index (κ2) is 2.85. The van der Waals surface area contributed by atoms with E-state index in [2.05, 4.69) is 0 Å². The minimum atomic E-state index is -0.0278. The second-order valence-electron chi connectivity index (χ2n) is 3.53. The molecule has 2 heteroatoms. The normalized spacial score (nSPS) is 29.7. The van der Waals surface area contributed by atoms with Gasteiger partial charge in [-0.25, -0.2) is 0 Å². The lowest BCUT2D eigenvalue weighted by molar-refractivity contribution is -0.122. The molecule has 0 N–H and O–H groups in total. The smallest absolute Gasteiger partial charge is 0.159 e. The summed E-state index contributed by atoms with van der Waals surface area (Å²) in [6, 6.07) is 0. The van der Waals surface area contributed by atoms with Gasteiger partial charge < -0.3 is 0 Å². The van der Waals surface area contributed by atoms with Crippen molar-refractivity contribution in [3.05, 3.63) is 11.6 Å². The molecule has 2 rings (SSSR count). The Morgan fingerprint density at radius 2 is 2.08 bits per heavy atom. The van der Waals surface area contributed by atoms with E-state index in [0.29, 0.717) is 12.8 Å². The fourth-order valence-corrected chi connectivity index (χ4v) is 2.09. The predicted octanol–water partition coefficient (Wildman–Crippen LogP) is 1.64. The Labute approximate surface area is 71.6 Å². The van der Waals surface area contributed by atoms with Crippen LogP contribution in [0.3, 0.4) is 0 Å². The van der Waals surface area contributed by atoms with Crippen LogP contribution in [0.2, 0.25) is 0 Å². The molecule has 0 bridgehead atoms. The highest BCUT2D eigenvalue weighted by Crippen LogP contribution is 2.32. The van der Waals surface area contributed by atoms with Crippen molar-refractivity contribution in [2.45, 2.75) is 32.1 Å². The molecule has 0 radical (unpaired) electrons. The zero-order chi connectivity index (χ0) is 8.55. The topological polar surface area (TPSA) is 34.1 Å². The van der Waals surface area contributed by atoms with Crippen molar-refractivity contribution < 1.29 is 9.59 Å². The van der Waals surface area contributed by atoms with Crippen LogP contribution in [0.25, 0.3) is 0 Å². The summed E-state index contributed by atoms with van der Waals surface area (Å²) in [5.74, 6) is 0.466. The number of rotatable bonds is 0. The highest BCUT2D eigenvalue weighted by atomic mass is 16.1. The van der Waals surface area contributed by atoms with Gasteiger partial charge in [-0.2, -0.15) is 0 Å². The van der Waals surface area contributed by atoms with Gasteiger partial charge in [-0.1, -0.05) is 6.08 Å². The summed E-state index contributed by atoms with van der Waals surface area (Å²) in [7, 11) is 0. The maximum Gasteiger partial charge on any atom is 0.159 e. The third-order valence-corrected chi connectivity index (χ3v) is 2.73. The zero-order valence-electron chi connectivity index (χ0n) is 7.01. The van der Waals surface area contributed by atoms with E-state index in [1.165, 1.54) is 0 Å². The first-order chi connectivity index (χ1) is 5.79. The molecule has 0 heterocycles. The Hall–Kier alpha value is -0.920. The number of carbonyl (C=O) groups is 2. The van der Waals surface area contributed by atoms with E-state index >= 15 is 0 Å². The molecular weight excluding hydrogens is 152 g/mol. The van der Waals surface area contributed by atoms with E-state index in [0.717, 1.165) is 24.8 Å².